The summed E-state index contributed by atoms with van der Waals surface area (Å²) >= 11 is 6.14. The number of anilines is 2. The van der Waals surface area contributed by atoms with Gasteiger partial charge in [-0.25, -0.2) is 0 Å². The summed E-state index contributed by atoms with van der Waals surface area (Å²) in [5.74, 6) is -1.11. The fourth-order valence-electron chi connectivity index (χ4n) is 4.13. The molecule has 0 atom stereocenters. The molecular weight excluding hydrogens is 462 g/mol. The van der Waals surface area contributed by atoms with Crippen molar-refractivity contribution in [2.45, 2.75) is 19.3 Å². The van der Waals surface area contributed by atoms with E-state index in [0.29, 0.717) is 27.5 Å². The van der Waals surface area contributed by atoms with Crippen molar-refractivity contribution in [2.24, 2.45) is 0 Å². The van der Waals surface area contributed by atoms with Crippen LogP contribution >= 0.6 is 11.6 Å². The van der Waals surface area contributed by atoms with Crippen molar-refractivity contribution < 1.29 is 14.7 Å². The van der Waals surface area contributed by atoms with Gasteiger partial charge in [0.15, 0.2) is 0 Å². The third-order valence-corrected chi connectivity index (χ3v) is 6.10. The lowest BCUT2D eigenvalue weighted by Gasteiger charge is -2.16. The molecule has 1 aliphatic rings. The number of carbonyl (C=O) groups is 2. The second kappa shape index (κ2) is 10.8. The maximum absolute atomic E-state index is 13.1. The third-order valence-electron chi connectivity index (χ3n) is 5.87. The molecule has 1 heterocycles. The van der Waals surface area contributed by atoms with E-state index in [1.807, 2.05) is 30.3 Å². The zero-order chi connectivity index (χ0) is 24.9. The van der Waals surface area contributed by atoms with Crippen LogP contribution in [0.5, 0.6) is 0 Å². The molecule has 0 saturated carbocycles. The van der Waals surface area contributed by atoms with E-state index in [1.54, 1.807) is 24.3 Å². The lowest BCUT2D eigenvalue weighted by molar-refractivity contribution is -0.136. The molecule has 4 rings (SSSR count). The van der Waals surface area contributed by atoms with Crippen LogP contribution in [-0.2, 0) is 22.4 Å². The van der Waals surface area contributed by atoms with Gasteiger partial charge in [-0.3, -0.25) is 9.59 Å². The van der Waals surface area contributed by atoms with Crippen molar-refractivity contribution in [3.05, 3.63) is 94.0 Å². The Kier molecular flexibility index (Phi) is 7.54. The zero-order valence-electron chi connectivity index (χ0n) is 19.8. The van der Waals surface area contributed by atoms with Crippen LogP contribution in [0.4, 0.5) is 11.4 Å². The van der Waals surface area contributed by atoms with Crippen LogP contribution in [0.15, 0.2) is 66.7 Å². The number of nitrogens with zero attached hydrogens (tertiary/aromatic N) is 1. The van der Waals surface area contributed by atoms with Gasteiger partial charge >= 0.3 is 5.97 Å². The number of hydrogen-bond donors (Lipinski definition) is 3. The van der Waals surface area contributed by atoms with E-state index in [2.05, 4.69) is 41.8 Å². The number of carbonyl (C=O) groups excluding carboxylic acids is 1. The van der Waals surface area contributed by atoms with Gasteiger partial charge in [0.1, 0.15) is 0 Å². The molecule has 6 nitrogen and oxygen atoms in total. The molecule has 0 aliphatic carbocycles. The molecule has 3 N–H and O–H groups in total. The minimum Gasteiger partial charge on any atom is -0.481 e. The van der Waals surface area contributed by atoms with Gasteiger partial charge < -0.3 is 20.6 Å². The number of nitrogens with one attached hydrogen (secondary N) is 2. The Labute approximate surface area is 210 Å². The van der Waals surface area contributed by atoms with E-state index in [1.165, 1.54) is 5.56 Å². The largest absolute Gasteiger partial charge is 0.481 e. The highest BCUT2D eigenvalue weighted by Crippen LogP contribution is 2.38. The summed E-state index contributed by atoms with van der Waals surface area (Å²) in [7, 11) is 4.14. The van der Waals surface area contributed by atoms with Crippen LogP contribution in [0, 0.1) is 0 Å². The molecule has 0 saturated heterocycles. The quantitative estimate of drug-likeness (QED) is 0.351. The van der Waals surface area contributed by atoms with Gasteiger partial charge in [0.25, 0.3) is 5.91 Å². The van der Waals surface area contributed by atoms with Crippen LogP contribution in [0.25, 0.3) is 11.3 Å². The average molecular weight is 490 g/mol. The molecular formula is C28H28ClN3O3. The Balaban J connectivity index is 1.69. The lowest BCUT2D eigenvalue weighted by atomic mass is 9.98. The molecule has 1 aliphatic heterocycles. The molecule has 3 aromatic carbocycles. The summed E-state index contributed by atoms with van der Waals surface area (Å²) in [6.45, 7) is 1.03. The fourth-order valence-corrected chi connectivity index (χ4v) is 4.31. The zero-order valence-corrected chi connectivity index (χ0v) is 20.5. The minimum absolute atomic E-state index is 0.0588. The summed E-state index contributed by atoms with van der Waals surface area (Å²) < 4.78 is 0. The van der Waals surface area contributed by atoms with E-state index >= 15 is 0 Å². The normalized spacial score (nSPS) is 14.0. The summed E-state index contributed by atoms with van der Waals surface area (Å²) in [6.07, 6.45) is 2.02. The number of carboxylic acids is 1. The monoisotopic (exact) mass is 489 g/mol. The number of benzene rings is 3. The first-order valence-corrected chi connectivity index (χ1v) is 11.9. The molecule has 1 amide bonds. The predicted octanol–water partition coefficient (Wildman–Crippen LogP) is 5.39. The Morgan fingerprint density at radius 1 is 1.00 bits per heavy atom. The fraction of sp³-hybridized carbons (Fsp3) is 0.214. The number of rotatable bonds is 9. The van der Waals surface area contributed by atoms with Crippen molar-refractivity contribution in [1.82, 2.24) is 4.90 Å². The summed E-state index contributed by atoms with van der Waals surface area (Å²) in [5, 5.41) is 16.0. The summed E-state index contributed by atoms with van der Waals surface area (Å²) in [4.78, 5) is 26.3. The lowest BCUT2D eigenvalue weighted by Crippen LogP contribution is -2.13. The molecule has 0 aromatic heterocycles. The Morgan fingerprint density at radius 2 is 1.69 bits per heavy atom. The number of aliphatic carboxylic acids is 1. The van der Waals surface area contributed by atoms with E-state index in [-0.39, 0.29) is 12.3 Å². The van der Waals surface area contributed by atoms with Crippen LogP contribution in [-0.4, -0.2) is 42.5 Å². The second-order valence-electron chi connectivity index (χ2n) is 8.89. The van der Waals surface area contributed by atoms with Gasteiger partial charge in [0.2, 0.25) is 0 Å². The smallest absolute Gasteiger partial charge is 0.307 e. The maximum atomic E-state index is 13.1. The Hall–Kier alpha value is -3.61. The van der Waals surface area contributed by atoms with Gasteiger partial charge in [0.05, 0.1) is 23.4 Å². The van der Waals surface area contributed by atoms with Crippen molar-refractivity contribution >= 4 is 46.1 Å². The van der Waals surface area contributed by atoms with Gasteiger partial charge in [-0.2, -0.15) is 0 Å². The number of halogens is 1. The highest BCUT2D eigenvalue weighted by molar-refractivity contribution is 6.38. The van der Waals surface area contributed by atoms with Crippen molar-refractivity contribution in [1.29, 1.82) is 0 Å². The van der Waals surface area contributed by atoms with E-state index < -0.39 is 5.97 Å². The van der Waals surface area contributed by atoms with Crippen molar-refractivity contribution in [3.8, 4) is 0 Å². The SMILES string of the molecule is CN(C)CCCc1ccc(N/C(=C2\C(=O)Nc3cc(Cl)ccc32)c2ccc(CC(=O)O)cc2)cc1. The topological polar surface area (TPSA) is 81.7 Å². The number of aryl methyl sites for hydroxylation is 1. The van der Waals surface area contributed by atoms with Crippen LogP contribution in [0.3, 0.4) is 0 Å². The first-order chi connectivity index (χ1) is 16.8. The summed E-state index contributed by atoms with van der Waals surface area (Å²) in [6, 6.07) is 20.8. The molecule has 0 fully saturated rings. The Bertz CT molecular complexity index is 1270. The molecule has 0 bridgehead atoms. The van der Waals surface area contributed by atoms with E-state index in [0.717, 1.165) is 36.2 Å². The van der Waals surface area contributed by atoms with Gasteiger partial charge in [-0.05, 0) is 74.4 Å². The van der Waals surface area contributed by atoms with Gasteiger partial charge in [0, 0.05) is 16.3 Å². The van der Waals surface area contributed by atoms with Gasteiger partial charge in [-0.1, -0.05) is 54.1 Å². The highest BCUT2D eigenvalue weighted by atomic mass is 35.5. The molecule has 0 spiro atoms. The number of hydrogen-bond acceptors (Lipinski definition) is 4. The minimum atomic E-state index is -0.888. The number of carboxylic acid groups (broad SMARTS) is 1. The molecule has 35 heavy (non-hydrogen) atoms. The molecule has 0 unspecified atom stereocenters. The first kappa shape index (κ1) is 24.5. The number of amides is 1. The summed E-state index contributed by atoms with van der Waals surface area (Å²) in [5.41, 5.74) is 6.16. The molecule has 7 heteroatoms. The average Bonchev–Trinajstić information content (AvgIpc) is 3.13. The highest BCUT2D eigenvalue weighted by Gasteiger charge is 2.28. The van der Waals surface area contributed by atoms with Crippen LogP contribution < -0.4 is 10.6 Å². The van der Waals surface area contributed by atoms with E-state index in [9.17, 15) is 9.59 Å². The predicted molar refractivity (Wildman–Crippen MR) is 142 cm³/mol. The standard InChI is InChI=1S/C28H28ClN3O3/c1-32(2)15-3-4-18-7-12-22(13-8-18)30-27(20-9-5-19(6-10-20)16-25(33)34)26-23-14-11-21(29)17-24(23)31-28(26)35/h5-14,17,30H,3-4,15-16H2,1-2H3,(H,31,35)(H,33,34)/b27-26-. The van der Waals surface area contributed by atoms with Gasteiger partial charge in [-0.15, -0.1) is 0 Å². The maximum Gasteiger partial charge on any atom is 0.307 e. The van der Waals surface area contributed by atoms with Crippen LogP contribution in [0.2, 0.25) is 5.02 Å². The van der Waals surface area contributed by atoms with E-state index in [4.69, 9.17) is 16.7 Å². The number of fused-ring (bicyclic) bond motifs is 1. The second-order valence-corrected chi connectivity index (χ2v) is 9.33. The first-order valence-electron chi connectivity index (χ1n) is 11.5. The van der Waals surface area contributed by atoms with Crippen molar-refractivity contribution in [2.75, 3.05) is 31.3 Å². The van der Waals surface area contributed by atoms with Crippen molar-refractivity contribution in [3.63, 3.8) is 0 Å². The molecule has 0 radical (unpaired) electrons. The molecule has 180 valence electrons. The third kappa shape index (κ3) is 6.10. The molecule has 3 aromatic rings. The van der Waals surface area contributed by atoms with Crippen LogP contribution in [0.1, 0.15) is 28.7 Å². The Morgan fingerprint density at radius 3 is 2.34 bits per heavy atom.